The van der Waals surface area contributed by atoms with Gasteiger partial charge in [0.2, 0.25) is 0 Å². The largest absolute Gasteiger partial charge is 0.288 e. The third kappa shape index (κ3) is 1.90. The molecule has 0 aromatic carbocycles. The number of nitrogens with one attached hydrogen (secondary N) is 1. The lowest BCUT2D eigenvalue weighted by Crippen LogP contribution is -2.16. The lowest BCUT2D eigenvalue weighted by atomic mass is 10.3. The van der Waals surface area contributed by atoms with E-state index in [0.29, 0.717) is 4.88 Å². The van der Waals surface area contributed by atoms with Gasteiger partial charge in [-0.1, -0.05) is 0 Å². The summed E-state index contributed by atoms with van der Waals surface area (Å²) in [7, 11) is 1.83. The molecule has 2 rings (SSSR count). The number of hydrogen-bond donors (Lipinski definition) is 2. The van der Waals surface area contributed by atoms with Gasteiger partial charge in [0.05, 0.1) is 9.75 Å². The van der Waals surface area contributed by atoms with Crippen LogP contribution in [-0.4, -0.2) is 20.9 Å². The van der Waals surface area contributed by atoms with Crippen molar-refractivity contribution in [3.05, 3.63) is 29.3 Å². The molecule has 15 heavy (non-hydrogen) atoms. The smallest absolute Gasteiger partial charge is 0.284 e. The first kappa shape index (κ1) is 9.88. The molecule has 6 heteroatoms. The molecule has 5 nitrogen and oxygen atoms in total. The van der Waals surface area contributed by atoms with Crippen molar-refractivity contribution in [1.82, 2.24) is 15.3 Å². The van der Waals surface area contributed by atoms with Crippen LogP contribution in [0.3, 0.4) is 0 Å². The second-order valence-corrected chi connectivity index (χ2v) is 4.06. The van der Waals surface area contributed by atoms with Gasteiger partial charge in [-0.15, -0.1) is 11.3 Å². The number of amides is 1. The lowest BCUT2D eigenvalue weighted by Gasteiger charge is -1.91. The quantitative estimate of drug-likeness (QED) is 0.595. The highest BCUT2D eigenvalue weighted by Crippen LogP contribution is 2.26. The highest BCUT2D eigenvalue weighted by molar-refractivity contribution is 7.17. The first-order chi connectivity index (χ1) is 7.20. The topological polar surface area (TPSA) is 67.2 Å². The molecule has 0 fully saturated rings. The number of thiophene rings is 1. The average molecular weight is 223 g/mol. The molecule has 78 valence electrons. The van der Waals surface area contributed by atoms with E-state index in [9.17, 15) is 4.79 Å². The summed E-state index contributed by atoms with van der Waals surface area (Å²) in [5.74, 6) is -0.498. The van der Waals surface area contributed by atoms with Crippen LogP contribution < -0.4 is 5.48 Å². The third-order valence-electron chi connectivity index (χ3n) is 1.90. The summed E-state index contributed by atoms with van der Waals surface area (Å²) in [6, 6.07) is 5.32. The van der Waals surface area contributed by atoms with E-state index in [0.717, 1.165) is 10.6 Å². The Bertz CT molecular complexity index is 489. The Kier molecular flexibility index (Phi) is 2.53. The monoisotopic (exact) mass is 223 g/mol. The molecule has 2 N–H and O–H groups in total. The standard InChI is InChI=1S/C9H9N3O2S/c1-12-5-4-6(10-12)7-2-3-8(15-7)9(13)11-14/h2-5,14H,1H3,(H,11,13). The van der Waals surface area contributed by atoms with Crippen LogP contribution >= 0.6 is 11.3 Å². The fraction of sp³-hybridized carbons (Fsp3) is 0.111. The predicted octanol–water partition coefficient (Wildman–Crippen LogP) is 1.27. The number of rotatable bonds is 2. The maximum Gasteiger partial charge on any atom is 0.284 e. The molecule has 2 aromatic heterocycles. The van der Waals surface area contributed by atoms with E-state index >= 15 is 0 Å². The summed E-state index contributed by atoms with van der Waals surface area (Å²) in [6.45, 7) is 0. The van der Waals surface area contributed by atoms with Gasteiger partial charge in [-0.3, -0.25) is 14.7 Å². The van der Waals surface area contributed by atoms with Gasteiger partial charge >= 0.3 is 0 Å². The van der Waals surface area contributed by atoms with Crippen LogP contribution in [0.4, 0.5) is 0 Å². The summed E-state index contributed by atoms with van der Waals surface area (Å²) in [6.07, 6.45) is 1.83. The summed E-state index contributed by atoms with van der Waals surface area (Å²) >= 11 is 1.28. The van der Waals surface area contributed by atoms with Crippen LogP contribution in [0.5, 0.6) is 0 Å². The van der Waals surface area contributed by atoms with Crippen molar-refractivity contribution in [1.29, 1.82) is 0 Å². The van der Waals surface area contributed by atoms with Crippen molar-refractivity contribution in [3.63, 3.8) is 0 Å². The maximum atomic E-state index is 11.1. The summed E-state index contributed by atoms with van der Waals surface area (Å²) in [5.41, 5.74) is 2.42. The minimum atomic E-state index is -0.498. The molecule has 0 atom stereocenters. The van der Waals surface area contributed by atoms with Crippen LogP contribution in [0.15, 0.2) is 24.4 Å². The van der Waals surface area contributed by atoms with Crippen molar-refractivity contribution in [2.45, 2.75) is 0 Å². The van der Waals surface area contributed by atoms with Gasteiger partial charge in [0, 0.05) is 13.2 Å². The molecular weight excluding hydrogens is 214 g/mol. The second-order valence-electron chi connectivity index (χ2n) is 2.98. The molecule has 0 spiro atoms. The van der Waals surface area contributed by atoms with Crippen LogP contribution in [0.25, 0.3) is 10.6 Å². The number of hydroxylamine groups is 1. The zero-order valence-electron chi connectivity index (χ0n) is 7.97. The van der Waals surface area contributed by atoms with Crippen molar-refractivity contribution < 1.29 is 10.0 Å². The first-order valence-corrected chi connectivity index (χ1v) is 5.06. The molecule has 1 amide bonds. The molecule has 0 radical (unpaired) electrons. The molecule has 0 saturated heterocycles. The fourth-order valence-electron chi connectivity index (χ4n) is 1.20. The lowest BCUT2D eigenvalue weighted by molar-refractivity contribution is 0.0711. The van der Waals surface area contributed by atoms with E-state index in [1.54, 1.807) is 22.3 Å². The fourth-order valence-corrected chi connectivity index (χ4v) is 2.06. The highest BCUT2D eigenvalue weighted by atomic mass is 32.1. The van der Waals surface area contributed by atoms with Gasteiger partial charge in [-0.2, -0.15) is 5.10 Å². The van der Waals surface area contributed by atoms with Gasteiger partial charge in [-0.05, 0) is 18.2 Å². The Morgan fingerprint density at radius 3 is 2.93 bits per heavy atom. The van der Waals surface area contributed by atoms with Crippen LogP contribution in [-0.2, 0) is 7.05 Å². The first-order valence-electron chi connectivity index (χ1n) is 4.25. The van der Waals surface area contributed by atoms with Crippen molar-refractivity contribution in [2.75, 3.05) is 0 Å². The summed E-state index contributed by atoms with van der Waals surface area (Å²) < 4.78 is 1.70. The maximum absolute atomic E-state index is 11.1. The molecule has 0 saturated carbocycles. The van der Waals surface area contributed by atoms with E-state index in [1.165, 1.54) is 11.3 Å². The molecule has 0 bridgehead atoms. The van der Waals surface area contributed by atoms with Crippen molar-refractivity contribution >= 4 is 17.2 Å². The zero-order chi connectivity index (χ0) is 10.8. The molecule has 0 aliphatic rings. The van der Waals surface area contributed by atoms with Gasteiger partial charge in [0.15, 0.2) is 0 Å². The number of carbonyl (C=O) groups excluding carboxylic acids is 1. The SMILES string of the molecule is Cn1ccc(-c2ccc(C(=O)NO)s2)n1. The molecule has 0 aliphatic carbocycles. The van der Waals surface area contributed by atoms with Gasteiger partial charge in [0.1, 0.15) is 5.69 Å². The normalized spacial score (nSPS) is 10.3. The molecule has 2 aromatic rings. The molecule has 0 unspecified atom stereocenters. The van der Waals surface area contributed by atoms with Crippen molar-refractivity contribution in [3.8, 4) is 10.6 Å². The Morgan fingerprint density at radius 1 is 1.53 bits per heavy atom. The average Bonchev–Trinajstić information content (AvgIpc) is 2.84. The minimum Gasteiger partial charge on any atom is -0.288 e. The summed E-state index contributed by atoms with van der Waals surface area (Å²) in [4.78, 5) is 12.4. The Labute approximate surface area is 89.9 Å². The third-order valence-corrected chi connectivity index (χ3v) is 3.00. The highest BCUT2D eigenvalue weighted by Gasteiger charge is 2.10. The van der Waals surface area contributed by atoms with Crippen LogP contribution in [0, 0.1) is 0 Å². The van der Waals surface area contributed by atoms with E-state index in [4.69, 9.17) is 5.21 Å². The van der Waals surface area contributed by atoms with Crippen LogP contribution in [0.1, 0.15) is 9.67 Å². The van der Waals surface area contributed by atoms with Gasteiger partial charge < -0.3 is 0 Å². The van der Waals surface area contributed by atoms with E-state index in [1.807, 2.05) is 19.3 Å². The van der Waals surface area contributed by atoms with Crippen LogP contribution in [0.2, 0.25) is 0 Å². The van der Waals surface area contributed by atoms with Gasteiger partial charge in [-0.25, -0.2) is 5.48 Å². The second kappa shape index (κ2) is 3.84. The molecule has 0 aliphatic heterocycles. The molecule has 2 heterocycles. The van der Waals surface area contributed by atoms with E-state index < -0.39 is 5.91 Å². The predicted molar refractivity (Wildman–Crippen MR) is 55.8 cm³/mol. The number of carbonyl (C=O) groups is 1. The zero-order valence-corrected chi connectivity index (χ0v) is 8.78. The number of aryl methyl sites for hydroxylation is 1. The number of aromatic nitrogens is 2. The number of nitrogens with zero attached hydrogens (tertiary/aromatic N) is 2. The Balaban J connectivity index is 2.31. The van der Waals surface area contributed by atoms with E-state index in [2.05, 4.69) is 5.10 Å². The minimum absolute atomic E-state index is 0.457. The molecular formula is C9H9N3O2S. The van der Waals surface area contributed by atoms with E-state index in [-0.39, 0.29) is 0 Å². The Hall–Kier alpha value is -1.66. The van der Waals surface area contributed by atoms with Gasteiger partial charge in [0.25, 0.3) is 5.91 Å². The summed E-state index contributed by atoms with van der Waals surface area (Å²) in [5, 5.41) is 12.7. The van der Waals surface area contributed by atoms with Crippen molar-refractivity contribution in [2.24, 2.45) is 7.05 Å². The Morgan fingerprint density at radius 2 is 2.33 bits per heavy atom. The number of hydrogen-bond acceptors (Lipinski definition) is 4.